The van der Waals surface area contributed by atoms with Crippen molar-refractivity contribution in [2.75, 3.05) is 6.54 Å². The predicted molar refractivity (Wildman–Crippen MR) is 118 cm³/mol. The van der Waals surface area contributed by atoms with E-state index >= 15 is 0 Å². The fourth-order valence-electron chi connectivity index (χ4n) is 3.18. The molecule has 2 rings (SSSR count). The van der Waals surface area contributed by atoms with Gasteiger partial charge in [-0.2, -0.15) is 0 Å². The zero-order chi connectivity index (χ0) is 22.3. The lowest BCUT2D eigenvalue weighted by Gasteiger charge is -2.28. The van der Waals surface area contributed by atoms with E-state index in [0.717, 1.165) is 11.1 Å². The van der Waals surface area contributed by atoms with Gasteiger partial charge in [-0.25, -0.2) is 4.79 Å². The first-order chi connectivity index (χ1) is 14.1. The van der Waals surface area contributed by atoms with Gasteiger partial charge in [0.1, 0.15) is 5.60 Å². The van der Waals surface area contributed by atoms with Gasteiger partial charge in [0, 0.05) is 16.1 Å². The number of esters is 1. The van der Waals surface area contributed by atoms with Crippen LogP contribution in [-0.4, -0.2) is 34.8 Å². The molecule has 2 aromatic rings. The number of benzene rings is 2. The van der Waals surface area contributed by atoms with Gasteiger partial charge in [0.05, 0.1) is 11.6 Å². The second-order valence-electron chi connectivity index (χ2n) is 8.61. The van der Waals surface area contributed by atoms with Crippen molar-refractivity contribution >= 4 is 11.7 Å². The van der Waals surface area contributed by atoms with E-state index in [4.69, 9.17) is 9.73 Å². The molecule has 30 heavy (non-hydrogen) atoms. The first kappa shape index (κ1) is 23.3. The predicted octanol–water partition coefficient (Wildman–Crippen LogP) is 4.78. The third kappa shape index (κ3) is 6.79. The molecule has 0 spiro atoms. The van der Waals surface area contributed by atoms with Gasteiger partial charge in [-0.05, 0) is 26.7 Å². The molecule has 6 nitrogen and oxygen atoms in total. The van der Waals surface area contributed by atoms with E-state index in [9.17, 15) is 14.9 Å². The summed E-state index contributed by atoms with van der Waals surface area (Å²) in [4.78, 5) is 28.9. The van der Waals surface area contributed by atoms with Gasteiger partial charge in [0.2, 0.25) is 6.54 Å². The number of carbonyl (C=O) groups is 1. The van der Waals surface area contributed by atoms with Crippen molar-refractivity contribution in [2.45, 2.75) is 46.3 Å². The minimum atomic E-state index is -0.995. The summed E-state index contributed by atoms with van der Waals surface area (Å²) in [7, 11) is 0. The van der Waals surface area contributed by atoms with E-state index in [1.165, 1.54) is 0 Å². The van der Waals surface area contributed by atoms with Crippen molar-refractivity contribution in [2.24, 2.45) is 16.8 Å². The van der Waals surface area contributed by atoms with Crippen molar-refractivity contribution in [1.29, 1.82) is 0 Å². The molecule has 160 valence electrons. The number of ether oxygens (including phenoxy) is 1. The fraction of sp³-hybridized carbons (Fsp3) is 0.417. The summed E-state index contributed by atoms with van der Waals surface area (Å²) in [5.74, 6) is -1.28. The van der Waals surface area contributed by atoms with Crippen LogP contribution in [-0.2, 0) is 9.53 Å². The maximum atomic E-state index is 13.1. The van der Waals surface area contributed by atoms with Crippen LogP contribution in [0.2, 0.25) is 0 Å². The maximum absolute atomic E-state index is 13.1. The van der Waals surface area contributed by atoms with Gasteiger partial charge >= 0.3 is 5.97 Å². The molecule has 0 aliphatic carbocycles. The summed E-state index contributed by atoms with van der Waals surface area (Å²) < 4.78 is 5.62. The van der Waals surface area contributed by atoms with Crippen LogP contribution in [0.3, 0.4) is 0 Å². The smallest absolute Gasteiger partial charge is 0.331 e. The summed E-state index contributed by atoms with van der Waals surface area (Å²) >= 11 is 0. The van der Waals surface area contributed by atoms with Crippen LogP contribution in [0, 0.1) is 22.0 Å². The van der Waals surface area contributed by atoms with E-state index in [0.29, 0.717) is 5.71 Å². The number of hydrogen-bond donors (Lipinski definition) is 0. The molecule has 0 amide bonds. The average molecular weight is 411 g/mol. The Morgan fingerprint density at radius 2 is 1.47 bits per heavy atom. The minimum absolute atomic E-state index is 0.135. The molecule has 2 aromatic carbocycles. The van der Waals surface area contributed by atoms with Crippen LogP contribution in [0.1, 0.15) is 45.7 Å². The first-order valence-electron chi connectivity index (χ1n) is 10.1. The normalized spacial score (nSPS) is 13.4. The molecule has 6 heteroatoms. The van der Waals surface area contributed by atoms with E-state index in [-0.39, 0.29) is 17.4 Å². The molecular formula is C24H30N2O4. The molecule has 0 aliphatic heterocycles. The highest BCUT2D eigenvalue weighted by Crippen LogP contribution is 2.24. The molecule has 0 saturated carbocycles. The zero-order valence-electron chi connectivity index (χ0n) is 18.2. The monoisotopic (exact) mass is 410 g/mol. The lowest BCUT2D eigenvalue weighted by atomic mass is 9.88. The summed E-state index contributed by atoms with van der Waals surface area (Å²) in [6, 6.07) is 18.0. The Morgan fingerprint density at radius 3 is 1.83 bits per heavy atom. The summed E-state index contributed by atoms with van der Waals surface area (Å²) in [6.45, 7) is 8.70. The molecule has 0 radical (unpaired) electrons. The number of rotatable bonds is 8. The Kier molecular flexibility index (Phi) is 7.86. The zero-order valence-corrected chi connectivity index (χ0v) is 18.2. The second-order valence-corrected chi connectivity index (χ2v) is 8.61. The lowest BCUT2D eigenvalue weighted by molar-refractivity contribution is -0.490. The van der Waals surface area contributed by atoms with Gasteiger partial charge in [-0.15, -0.1) is 0 Å². The number of carbonyl (C=O) groups excluding carboxylic acids is 1. The first-order valence-corrected chi connectivity index (χ1v) is 10.1. The van der Waals surface area contributed by atoms with Crippen molar-refractivity contribution in [3.8, 4) is 0 Å². The lowest BCUT2D eigenvalue weighted by Crippen LogP contribution is -2.41. The van der Waals surface area contributed by atoms with Crippen LogP contribution >= 0.6 is 0 Å². The molecule has 1 unspecified atom stereocenters. The van der Waals surface area contributed by atoms with E-state index in [1.54, 1.807) is 20.8 Å². The molecule has 2 atom stereocenters. The third-order valence-corrected chi connectivity index (χ3v) is 4.63. The highest BCUT2D eigenvalue weighted by molar-refractivity contribution is 6.13. The number of nitrogens with zero attached hydrogens (tertiary/aromatic N) is 2. The molecule has 0 saturated heterocycles. The fourth-order valence-corrected chi connectivity index (χ4v) is 3.18. The van der Waals surface area contributed by atoms with Gasteiger partial charge in [-0.3, -0.25) is 15.1 Å². The van der Waals surface area contributed by atoms with Crippen molar-refractivity contribution in [3.63, 3.8) is 0 Å². The Labute approximate surface area is 178 Å². The molecule has 0 aromatic heterocycles. The van der Waals surface area contributed by atoms with Crippen molar-refractivity contribution < 1.29 is 14.5 Å². The summed E-state index contributed by atoms with van der Waals surface area (Å²) in [5.41, 5.74) is 1.56. The topological polar surface area (TPSA) is 81.8 Å². The van der Waals surface area contributed by atoms with Crippen LogP contribution < -0.4 is 0 Å². The van der Waals surface area contributed by atoms with Crippen molar-refractivity contribution in [3.05, 3.63) is 81.9 Å². The van der Waals surface area contributed by atoms with Crippen LogP contribution in [0.4, 0.5) is 0 Å². The molecule has 0 aliphatic rings. The Hall–Kier alpha value is -3.02. The van der Waals surface area contributed by atoms with E-state index in [2.05, 4.69) is 0 Å². The molecule has 0 fully saturated rings. The molecule has 0 N–H and O–H groups in total. The van der Waals surface area contributed by atoms with Gasteiger partial charge in [0.25, 0.3) is 0 Å². The van der Waals surface area contributed by atoms with Gasteiger partial charge in [-0.1, -0.05) is 74.5 Å². The quantitative estimate of drug-likeness (QED) is 0.271. The summed E-state index contributed by atoms with van der Waals surface area (Å²) in [6.07, 6.45) is 0. The van der Waals surface area contributed by atoms with E-state index in [1.807, 2.05) is 74.5 Å². The van der Waals surface area contributed by atoms with Crippen LogP contribution in [0.15, 0.2) is 65.7 Å². The Bertz CT molecular complexity index is 830. The number of aliphatic imine (C=N–C) groups is 1. The number of nitro groups is 1. The van der Waals surface area contributed by atoms with Crippen molar-refractivity contribution in [1.82, 2.24) is 0 Å². The SMILES string of the molecule is CC(C)C(C[N+](=O)[O-])[C@H](N=C(c1ccccc1)c1ccccc1)C(=O)OC(C)(C)C. The average Bonchev–Trinajstić information content (AvgIpc) is 2.67. The molecule has 0 heterocycles. The highest BCUT2D eigenvalue weighted by Gasteiger charge is 2.37. The highest BCUT2D eigenvalue weighted by atomic mass is 16.6. The Morgan fingerprint density at radius 1 is 1.00 bits per heavy atom. The van der Waals surface area contributed by atoms with Gasteiger partial charge in [0.15, 0.2) is 6.04 Å². The van der Waals surface area contributed by atoms with Crippen LogP contribution in [0.5, 0.6) is 0 Å². The van der Waals surface area contributed by atoms with Gasteiger partial charge < -0.3 is 4.74 Å². The maximum Gasteiger partial charge on any atom is 0.331 e. The molecular weight excluding hydrogens is 380 g/mol. The second kappa shape index (κ2) is 10.1. The summed E-state index contributed by atoms with van der Waals surface area (Å²) in [5, 5.41) is 11.4. The third-order valence-electron chi connectivity index (χ3n) is 4.63. The van der Waals surface area contributed by atoms with E-state index < -0.39 is 23.5 Å². The Balaban J connectivity index is 2.64. The molecule has 0 bridgehead atoms. The van der Waals surface area contributed by atoms with Crippen LogP contribution in [0.25, 0.3) is 0 Å². The standard InChI is InChI=1S/C24H30N2O4/c1-17(2)20(16-26(28)29)22(23(27)30-24(3,4)5)25-21(18-12-8-6-9-13-18)19-14-10-7-11-15-19/h6-15,17,20,22H,16H2,1-5H3/t20?,22-/m0/s1. The number of hydrogen-bond acceptors (Lipinski definition) is 5. The minimum Gasteiger partial charge on any atom is -0.458 e. The largest absolute Gasteiger partial charge is 0.458 e.